The van der Waals surface area contributed by atoms with Crippen molar-refractivity contribution >= 4 is 15.9 Å². The first kappa shape index (κ1) is 5.12. The topological polar surface area (TPSA) is 17.3 Å². The molecule has 1 aliphatic rings. The van der Waals surface area contributed by atoms with Crippen LogP contribution in [0.25, 0.3) is 0 Å². The van der Waals surface area contributed by atoms with Gasteiger partial charge in [0.15, 0.2) is 0 Å². The van der Waals surface area contributed by atoms with Crippen molar-refractivity contribution in [3.8, 4) is 0 Å². The quantitative estimate of drug-likeness (QED) is 0.378. The fourth-order valence-electron chi connectivity index (χ4n) is 0.447. The zero-order chi connectivity index (χ0) is 5.28. The van der Waals surface area contributed by atoms with Crippen molar-refractivity contribution in [3.63, 3.8) is 0 Å². The van der Waals surface area contributed by atoms with Crippen LogP contribution in [0.15, 0.2) is 12.3 Å². The van der Waals surface area contributed by atoms with E-state index in [4.69, 9.17) is 0 Å². The molecule has 0 N–H and O–H groups in total. The van der Waals surface area contributed by atoms with Crippen molar-refractivity contribution < 1.29 is 0 Å². The van der Waals surface area contributed by atoms with E-state index in [1.165, 1.54) is 0 Å². The van der Waals surface area contributed by atoms with Gasteiger partial charge in [-0.3, -0.25) is 0 Å². The number of rotatable bonds is 0. The predicted octanol–water partition coefficient (Wildman–Crippen LogP) is 0.686. The Hall–Kier alpha value is -0.0200. The molecule has 1 rings (SSSR count). The van der Waals surface area contributed by atoms with Crippen molar-refractivity contribution in [1.82, 2.24) is 10.4 Å². The predicted molar refractivity (Wildman–Crippen MR) is 31.8 cm³/mol. The SMILES string of the molecule is CN1C=CC(Br)[N]1. The van der Waals surface area contributed by atoms with E-state index >= 15 is 0 Å². The lowest BCUT2D eigenvalue weighted by Crippen LogP contribution is -2.19. The molecule has 0 amide bonds. The van der Waals surface area contributed by atoms with Gasteiger partial charge in [-0.05, 0) is 6.08 Å². The molecule has 1 atom stereocenters. The Labute approximate surface area is 51.3 Å². The van der Waals surface area contributed by atoms with Crippen molar-refractivity contribution in [1.29, 1.82) is 0 Å². The first-order valence-corrected chi connectivity index (χ1v) is 2.96. The zero-order valence-electron chi connectivity index (χ0n) is 4.00. The molecule has 0 saturated carbocycles. The van der Waals surface area contributed by atoms with E-state index in [0.717, 1.165) is 0 Å². The normalized spacial score (nSPS) is 29.4. The lowest BCUT2D eigenvalue weighted by atomic mass is 10.7. The summed E-state index contributed by atoms with van der Waals surface area (Å²) in [5, 5.41) is 1.78. The van der Waals surface area contributed by atoms with E-state index in [1.807, 2.05) is 19.3 Å². The zero-order valence-corrected chi connectivity index (χ0v) is 5.59. The molecule has 39 valence electrons. The van der Waals surface area contributed by atoms with Gasteiger partial charge >= 0.3 is 0 Å². The van der Waals surface area contributed by atoms with Crippen LogP contribution in [0.3, 0.4) is 0 Å². The maximum Gasteiger partial charge on any atom is 0.122 e. The second-order valence-electron chi connectivity index (χ2n) is 1.40. The molecule has 0 aromatic rings. The lowest BCUT2D eigenvalue weighted by molar-refractivity contribution is 0.354. The second kappa shape index (κ2) is 1.84. The third kappa shape index (κ3) is 1.17. The molecule has 1 unspecified atom stereocenters. The van der Waals surface area contributed by atoms with Crippen LogP contribution in [0.1, 0.15) is 0 Å². The summed E-state index contributed by atoms with van der Waals surface area (Å²) in [6.07, 6.45) is 3.89. The van der Waals surface area contributed by atoms with Gasteiger partial charge in [0.05, 0.1) is 0 Å². The Balaban J connectivity index is 2.42. The summed E-state index contributed by atoms with van der Waals surface area (Å²) in [5.41, 5.74) is 4.03. The first-order valence-electron chi connectivity index (χ1n) is 2.05. The van der Waals surface area contributed by atoms with Gasteiger partial charge in [0.25, 0.3) is 0 Å². The Bertz CT molecular complexity index is 81.7. The number of halogens is 1. The molecule has 0 bridgehead atoms. The van der Waals surface area contributed by atoms with Crippen LogP contribution in [0, 0.1) is 0 Å². The molecule has 1 radical (unpaired) electrons. The van der Waals surface area contributed by atoms with Gasteiger partial charge < -0.3 is 5.01 Å². The van der Waals surface area contributed by atoms with Crippen LogP contribution >= 0.6 is 15.9 Å². The highest BCUT2D eigenvalue weighted by Gasteiger charge is 2.07. The van der Waals surface area contributed by atoms with Gasteiger partial charge in [0.2, 0.25) is 0 Å². The van der Waals surface area contributed by atoms with Crippen molar-refractivity contribution in [3.05, 3.63) is 12.3 Å². The van der Waals surface area contributed by atoms with Crippen LogP contribution in [0.4, 0.5) is 0 Å². The largest absolute Gasteiger partial charge is 0.300 e. The van der Waals surface area contributed by atoms with Crippen molar-refractivity contribution in [2.45, 2.75) is 4.95 Å². The fourth-order valence-corrected chi connectivity index (χ4v) is 0.872. The minimum atomic E-state index is 0.206. The Morgan fingerprint density at radius 2 is 2.57 bits per heavy atom. The highest BCUT2D eigenvalue weighted by atomic mass is 79.9. The standard InChI is InChI=1S/C4H6BrN2/c1-7-3-2-4(5)6-7/h2-4H,1H3. The molecule has 2 nitrogen and oxygen atoms in total. The van der Waals surface area contributed by atoms with Gasteiger partial charge in [-0.1, -0.05) is 15.9 Å². The summed E-state index contributed by atoms with van der Waals surface area (Å²) in [4.78, 5) is 0.206. The molecular formula is C4H6BrN2. The van der Waals surface area contributed by atoms with Crippen LogP contribution < -0.4 is 5.43 Å². The minimum Gasteiger partial charge on any atom is -0.300 e. The molecule has 1 heterocycles. The molecule has 0 saturated heterocycles. The molecule has 0 aliphatic carbocycles. The van der Waals surface area contributed by atoms with Gasteiger partial charge in [-0.2, -0.15) is 0 Å². The second-order valence-corrected chi connectivity index (χ2v) is 2.34. The number of hydrogen-bond acceptors (Lipinski definition) is 1. The maximum absolute atomic E-state index is 4.03. The Kier molecular flexibility index (Phi) is 1.35. The van der Waals surface area contributed by atoms with E-state index in [0.29, 0.717) is 0 Å². The van der Waals surface area contributed by atoms with E-state index in [2.05, 4.69) is 21.4 Å². The summed E-state index contributed by atoms with van der Waals surface area (Å²) in [5.74, 6) is 0. The number of nitrogens with zero attached hydrogens (tertiary/aromatic N) is 2. The van der Waals surface area contributed by atoms with Crippen LogP contribution in [-0.4, -0.2) is 17.0 Å². The van der Waals surface area contributed by atoms with E-state index in [9.17, 15) is 0 Å². The van der Waals surface area contributed by atoms with Gasteiger partial charge in [0, 0.05) is 13.2 Å². The van der Waals surface area contributed by atoms with Gasteiger partial charge in [-0.25, -0.2) is 0 Å². The van der Waals surface area contributed by atoms with Crippen molar-refractivity contribution in [2.24, 2.45) is 0 Å². The molecule has 0 spiro atoms. The maximum atomic E-state index is 4.03. The average molecular weight is 162 g/mol. The molecule has 1 aliphatic heterocycles. The Morgan fingerprint density at radius 3 is 2.71 bits per heavy atom. The third-order valence-electron chi connectivity index (χ3n) is 0.753. The summed E-state index contributed by atoms with van der Waals surface area (Å²) in [6.45, 7) is 0. The fraction of sp³-hybridized carbons (Fsp3) is 0.500. The van der Waals surface area contributed by atoms with Crippen LogP contribution in [0.5, 0.6) is 0 Å². The summed E-state index contributed by atoms with van der Waals surface area (Å²) in [7, 11) is 1.90. The first-order chi connectivity index (χ1) is 3.29. The summed E-state index contributed by atoms with van der Waals surface area (Å²) in [6, 6.07) is 0. The van der Waals surface area contributed by atoms with E-state index < -0.39 is 0 Å². The molecular weight excluding hydrogens is 156 g/mol. The molecule has 0 aromatic heterocycles. The molecule has 0 aromatic carbocycles. The molecule has 7 heavy (non-hydrogen) atoms. The Morgan fingerprint density at radius 1 is 1.86 bits per heavy atom. The van der Waals surface area contributed by atoms with Crippen molar-refractivity contribution in [2.75, 3.05) is 7.05 Å². The smallest absolute Gasteiger partial charge is 0.122 e. The molecule has 0 fully saturated rings. The van der Waals surface area contributed by atoms with Crippen LogP contribution in [0.2, 0.25) is 0 Å². The van der Waals surface area contributed by atoms with E-state index in [1.54, 1.807) is 5.01 Å². The van der Waals surface area contributed by atoms with Crippen LogP contribution in [-0.2, 0) is 0 Å². The third-order valence-corrected chi connectivity index (χ3v) is 1.24. The number of alkyl halides is 1. The van der Waals surface area contributed by atoms with Gasteiger partial charge in [-0.15, -0.1) is 5.43 Å². The monoisotopic (exact) mass is 161 g/mol. The highest BCUT2D eigenvalue weighted by Crippen LogP contribution is 2.06. The number of hydrogen-bond donors (Lipinski definition) is 0. The summed E-state index contributed by atoms with van der Waals surface area (Å²) >= 11 is 3.28. The summed E-state index contributed by atoms with van der Waals surface area (Å²) < 4.78 is 0. The minimum absolute atomic E-state index is 0.206. The highest BCUT2D eigenvalue weighted by molar-refractivity contribution is 9.09. The average Bonchev–Trinajstić information content (AvgIpc) is 1.87. The molecule has 3 heteroatoms. The van der Waals surface area contributed by atoms with E-state index in [-0.39, 0.29) is 4.95 Å². The van der Waals surface area contributed by atoms with Gasteiger partial charge in [0.1, 0.15) is 4.95 Å². The lowest BCUT2D eigenvalue weighted by Gasteiger charge is -2.04.